The van der Waals surface area contributed by atoms with Crippen LogP contribution in [0.1, 0.15) is 15.9 Å². The molecule has 8 nitrogen and oxygen atoms in total. The highest BCUT2D eigenvalue weighted by Crippen LogP contribution is 2.22. The molecule has 0 atom stereocenters. The quantitative estimate of drug-likeness (QED) is 0.580. The molecule has 0 saturated carbocycles. The van der Waals surface area contributed by atoms with Gasteiger partial charge in [-0.2, -0.15) is 5.26 Å². The van der Waals surface area contributed by atoms with Gasteiger partial charge in [-0.05, 0) is 24.3 Å². The summed E-state index contributed by atoms with van der Waals surface area (Å²) in [5.74, 6) is -1.44. The molecule has 0 fully saturated rings. The first-order chi connectivity index (χ1) is 13.1. The number of rotatable bonds is 3. The highest BCUT2D eigenvalue weighted by molar-refractivity contribution is 6.04. The number of H-pyrrole nitrogens is 1. The number of carbonyl (C=O) groups excluding carboxylic acids is 1. The number of aromatic amines is 1. The van der Waals surface area contributed by atoms with Crippen LogP contribution in [-0.4, -0.2) is 30.8 Å². The molecule has 3 heterocycles. The first-order valence-electron chi connectivity index (χ1n) is 7.77. The smallest absolute Gasteiger partial charge is 0.261 e. The Labute approximate surface area is 151 Å². The topological polar surface area (TPSA) is 120 Å². The number of amides is 1. The molecule has 0 aliphatic heterocycles. The molecular formula is C18H10FN7O. The van der Waals surface area contributed by atoms with Crippen LogP contribution in [-0.2, 0) is 0 Å². The number of hydrogen-bond acceptors (Lipinski definition) is 6. The molecule has 0 aliphatic carbocycles. The van der Waals surface area contributed by atoms with Gasteiger partial charge >= 0.3 is 0 Å². The van der Waals surface area contributed by atoms with Gasteiger partial charge in [-0.15, -0.1) is 0 Å². The number of nitrogens with zero attached hydrogens (tertiary/aromatic N) is 5. The summed E-state index contributed by atoms with van der Waals surface area (Å²) in [7, 11) is 0. The molecule has 3 aromatic heterocycles. The van der Waals surface area contributed by atoms with E-state index in [4.69, 9.17) is 5.26 Å². The molecule has 4 rings (SSSR count). The molecule has 27 heavy (non-hydrogen) atoms. The van der Waals surface area contributed by atoms with Crippen LogP contribution in [0.2, 0.25) is 0 Å². The number of carbonyl (C=O) groups is 1. The fourth-order valence-electron chi connectivity index (χ4n) is 2.45. The zero-order chi connectivity index (χ0) is 18.8. The summed E-state index contributed by atoms with van der Waals surface area (Å²) in [5, 5.41) is 11.1. The molecule has 0 unspecified atom stereocenters. The summed E-state index contributed by atoms with van der Waals surface area (Å²) in [4.78, 5) is 31.7. The zero-order valence-electron chi connectivity index (χ0n) is 13.6. The number of anilines is 1. The summed E-state index contributed by atoms with van der Waals surface area (Å²) in [6.45, 7) is 0. The van der Waals surface area contributed by atoms with Crippen molar-refractivity contribution < 1.29 is 9.18 Å². The Morgan fingerprint density at radius 1 is 1.15 bits per heavy atom. The third-order valence-electron chi connectivity index (χ3n) is 3.77. The first-order valence-corrected chi connectivity index (χ1v) is 7.77. The Bertz CT molecular complexity index is 1190. The van der Waals surface area contributed by atoms with Crippen molar-refractivity contribution in [1.82, 2.24) is 24.9 Å². The average molecular weight is 359 g/mol. The first kappa shape index (κ1) is 16.3. The number of nitriles is 1. The summed E-state index contributed by atoms with van der Waals surface area (Å²) in [5.41, 5.74) is 2.41. The molecule has 4 aromatic rings. The molecule has 0 spiro atoms. The van der Waals surface area contributed by atoms with Gasteiger partial charge < -0.3 is 4.98 Å². The van der Waals surface area contributed by atoms with Crippen LogP contribution in [0.25, 0.3) is 22.4 Å². The van der Waals surface area contributed by atoms with Crippen LogP contribution in [0, 0.1) is 17.1 Å². The lowest BCUT2D eigenvalue weighted by Crippen LogP contribution is -2.16. The average Bonchev–Trinajstić information content (AvgIpc) is 3.16. The predicted molar refractivity (Wildman–Crippen MR) is 94.0 cm³/mol. The highest BCUT2D eigenvalue weighted by Gasteiger charge is 2.15. The molecular weight excluding hydrogens is 349 g/mol. The van der Waals surface area contributed by atoms with E-state index in [2.05, 4.69) is 30.2 Å². The number of aromatic nitrogens is 5. The second kappa shape index (κ2) is 6.61. The molecule has 1 aromatic carbocycles. The maximum atomic E-state index is 14.2. The molecule has 0 saturated heterocycles. The maximum absolute atomic E-state index is 14.2. The van der Waals surface area contributed by atoms with Crippen LogP contribution >= 0.6 is 0 Å². The number of benzene rings is 1. The Balaban J connectivity index is 1.64. The molecule has 0 bridgehead atoms. The van der Waals surface area contributed by atoms with Gasteiger partial charge in [0, 0.05) is 11.8 Å². The zero-order valence-corrected chi connectivity index (χ0v) is 13.6. The minimum atomic E-state index is -0.713. The van der Waals surface area contributed by atoms with E-state index in [0.29, 0.717) is 22.4 Å². The molecule has 2 N–H and O–H groups in total. The van der Waals surface area contributed by atoms with Gasteiger partial charge in [0.25, 0.3) is 5.91 Å². The van der Waals surface area contributed by atoms with E-state index in [-0.39, 0.29) is 17.1 Å². The van der Waals surface area contributed by atoms with Gasteiger partial charge in [0.15, 0.2) is 5.65 Å². The van der Waals surface area contributed by atoms with Crippen molar-refractivity contribution >= 4 is 23.0 Å². The van der Waals surface area contributed by atoms with E-state index < -0.39 is 11.7 Å². The minimum Gasteiger partial charge on any atom is -0.345 e. The van der Waals surface area contributed by atoms with Gasteiger partial charge in [0.05, 0.1) is 35.4 Å². The molecule has 1 amide bonds. The lowest BCUT2D eigenvalue weighted by atomic mass is 10.1. The van der Waals surface area contributed by atoms with E-state index in [0.717, 1.165) is 0 Å². The largest absolute Gasteiger partial charge is 0.345 e. The fraction of sp³-hybridized carbons (Fsp3) is 0. The third-order valence-corrected chi connectivity index (χ3v) is 3.77. The van der Waals surface area contributed by atoms with Gasteiger partial charge in [0.2, 0.25) is 5.95 Å². The second-order valence-electron chi connectivity index (χ2n) is 5.52. The second-order valence-corrected chi connectivity index (χ2v) is 5.52. The van der Waals surface area contributed by atoms with Crippen molar-refractivity contribution in [3.8, 4) is 17.3 Å². The van der Waals surface area contributed by atoms with E-state index in [1.807, 2.05) is 6.07 Å². The fourth-order valence-corrected chi connectivity index (χ4v) is 2.45. The third kappa shape index (κ3) is 3.19. The van der Waals surface area contributed by atoms with Crippen LogP contribution in [0.4, 0.5) is 10.3 Å². The van der Waals surface area contributed by atoms with Crippen molar-refractivity contribution in [2.75, 3.05) is 5.32 Å². The normalized spacial score (nSPS) is 10.5. The van der Waals surface area contributed by atoms with E-state index in [9.17, 15) is 9.18 Å². The van der Waals surface area contributed by atoms with Crippen LogP contribution < -0.4 is 5.32 Å². The van der Waals surface area contributed by atoms with Crippen LogP contribution in [0.3, 0.4) is 0 Å². The highest BCUT2D eigenvalue weighted by atomic mass is 19.1. The van der Waals surface area contributed by atoms with Crippen molar-refractivity contribution in [3.05, 3.63) is 66.0 Å². The lowest BCUT2D eigenvalue weighted by Gasteiger charge is -2.07. The van der Waals surface area contributed by atoms with Crippen molar-refractivity contribution in [3.63, 3.8) is 0 Å². The van der Waals surface area contributed by atoms with Gasteiger partial charge in [0.1, 0.15) is 17.4 Å². The van der Waals surface area contributed by atoms with Crippen molar-refractivity contribution in [1.29, 1.82) is 5.26 Å². The monoisotopic (exact) mass is 359 g/mol. The molecule has 130 valence electrons. The summed E-state index contributed by atoms with van der Waals surface area (Å²) < 4.78 is 14.2. The van der Waals surface area contributed by atoms with Crippen molar-refractivity contribution in [2.24, 2.45) is 0 Å². The van der Waals surface area contributed by atoms with Gasteiger partial charge in [-0.1, -0.05) is 0 Å². The predicted octanol–water partition coefficient (Wildman–Crippen LogP) is 2.68. The van der Waals surface area contributed by atoms with E-state index >= 15 is 0 Å². The minimum absolute atomic E-state index is 0.0302. The number of halogens is 1. The Morgan fingerprint density at radius 2 is 1.96 bits per heavy atom. The molecule has 0 aliphatic rings. The lowest BCUT2D eigenvalue weighted by molar-refractivity contribution is 0.102. The standard InChI is InChI=1S/C18H10FN7O/c19-13-2-1-11(15-9-22-16-14(25-15)3-4-21-16)5-12(13)17(27)26-18-23-7-10(6-20)8-24-18/h1-5,7-9H,(H,21,22)(H,23,24,26,27). The van der Waals surface area contributed by atoms with E-state index in [1.54, 1.807) is 12.3 Å². The summed E-state index contributed by atoms with van der Waals surface area (Å²) >= 11 is 0. The summed E-state index contributed by atoms with van der Waals surface area (Å²) in [6.07, 6.45) is 5.78. The number of nitrogens with one attached hydrogen (secondary N) is 2. The van der Waals surface area contributed by atoms with Crippen LogP contribution in [0.15, 0.2) is 49.1 Å². The van der Waals surface area contributed by atoms with Gasteiger partial charge in [-0.3, -0.25) is 10.1 Å². The SMILES string of the molecule is N#Cc1cnc(NC(=O)c2cc(-c3cnc4[nH]ccc4n3)ccc2F)nc1. The number of fused-ring (bicyclic) bond motifs is 1. The van der Waals surface area contributed by atoms with Gasteiger partial charge in [-0.25, -0.2) is 24.3 Å². The molecule has 9 heteroatoms. The van der Waals surface area contributed by atoms with Crippen LogP contribution in [0.5, 0.6) is 0 Å². The van der Waals surface area contributed by atoms with E-state index in [1.165, 1.54) is 36.8 Å². The Hall–Kier alpha value is -4.19. The maximum Gasteiger partial charge on any atom is 0.261 e. The summed E-state index contributed by atoms with van der Waals surface area (Å²) in [6, 6.07) is 7.73. The Morgan fingerprint density at radius 3 is 2.74 bits per heavy atom. The Kier molecular flexibility index (Phi) is 3.99. The van der Waals surface area contributed by atoms with Crippen molar-refractivity contribution in [2.45, 2.75) is 0 Å². The number of hydrogen-bond donors (Lipinski definition) is 2. The molecule has 0 radical (unpaired) electrons.